The summed E-state index contributed by atoms with van der Waals surface area (Å²) in [5, 5.41) is 11.9. The maximum atomic E-state index is 12.7. The van der Waals surface area contributed by atoms with Gasteiger partial charge in [-0.1, -0.05) is 0 Å². The van der Waals surface area contributed by atoms with Crippen LogP contribution in [0.3, 0.4) is 0 Å². The molecule has 2 N–H and O–H groups in total. The van der Waals surface area contributed by atoms with Crippen LogP contribution in [0, 0.1) is 11.8 Å². The Morgan fingerprint density at radius 2 is 2.04 bits per heavy atom. The molecule has 24 heavy (non-hydrogen) atoms. The van der Waals surface area contributed by atoms with Crippen LogP contribution in [-0.4, -0.2) is 40.4 Å². The van der Waals surface area contributed by atoms with E-state index in [4.69, 9.17) is 9.52 Å². The molecule has 3 atom stereocenters. The molecule has 0 spiro atoms. The van der Waals surface area contributed by atoms with Crippen molar-refractivity contribution in [1.82, 2.24) is 10.2 Å². The summed E-state index contributed by atoms with van der Waals surface area (Å²) < 4.78 is 5.19. The lowest BCUT2D eigenvalue weighted by Crippen LogP contribution is -2.47. The molecule has 130 valence electrons. The molecule has 1 aliphatic carbocycles. The summed E-state index contributed by atoms with van der Waals surface area (Å²) in [6.45, 7) is 0.862. The van der Waals surface area contributed by atoms with Crippen molar-refractivity contribution < 1.29 is 23.9 Å². The fourth-order valence-corrected chi connectivity index (χ4v) is 3.67. The monoisotopic (exact) mass is 334 g/mol. The summed E-state index contributed by atoms with van der Waals surface area (Å²) in [5.41, 5.74) is 0. The van der Waals surface area contributed by atoms with Gasteiger partial charge in [0.25, 0.3) is 0 Å². The first kappa shape index (κ1) is 16.5. The summed E-state index contributed by atoms with van der Waals surface area (Å²) in [5.74, 6) is -1.13. The number of hydrogen-bond donors (Lipinski definition) is 2. The molecule has 7 nitrogen and oxygen atoms in total. The lowest BCUT2D eigenvalue weighted by Gasteiger charge is -2.26. The number of nitrogens with one attached hydrogen (secondary N) is 1. The number of carbonyl (C=O) groups is 3. The van der Waals surface area contributed by atoms with Crippen LogP contribution >= 0.6 is 0 Å². The van der Waals surface area contributed by atoms with Gasteiger partial charge in [0, 0.05) is 12.5 Å². The highest BCUT2D eigenvalue weighted by atomic mass is 16.4. The predicted molar refractivity (Wildman–Crippen MR) is 83.8 cm³/mol. The summed E-state index contributed by atoms with van der Waals surface area (Å²) in [6.07, 6.45) is 4.49. The topological polar surface area (TPSA) is 99.9 Å². The highest BCUT2D eigenvalue weighted by Crippen LogP contribution is 2.34. The van der Waals surface area contributed by atoms with Gasteiger partial charge in [-0.2, -0.15) is 0 Å². The Bertz CT molecular complexity index is 613. The van der Waals surface area contributed by atoms with Crippen LogP contribution in [0.4, 0.5) is 0 Å². The zero-order valence-corrected chi connectivity index (χ0v) is 13.4. The maximum Gasteiger partial charge on any atom is 0.306 e. The number of carboxylic acid groups (broad SMARTS) is 1. The quantitative estimate of drug-likeness (QED) is 0.847. The molecular formula is C17H22N2O5. The maximum absolute atomic E-state index is 12.7. The van der Waals surface area contributed by atoms with Crippen LogP contribution in [0.5, 0.6) is 0 Å². The second kappa shape index (κ2) is 7.07. The van der Waals surface area contributed by atoms with Gasteiger partial charge < -0.3 is 19.7 Å². The van der Waals surface area contributed by atoms with Gasteiger partial charge >= 0.3 is 5.97 Å². The Morgan fingerprint density at radius 1 is 1.25 bits per heavy atom. The number of furan rings is 1. The normalized spacial score (nSPS) is 26.5. The molecule has 3 rings (SSSR count). The van der Waals surface area contributed by atoms with Crippen LogP contribution in [0.2, 0.25) is 0 Å². The van der Waals surface area contributed by atoms with Crippen molar-refractivity contribution in [2.75, 3.05) is 6.54 Å². The Morgan fingerprint density at radius 3 is 2.71 bits per heavy atom. The van der Waals surface area contributed by atoms with Gasteiger partial charge in [-0.25, -0.2) is 0 Å². The fraction of sp³-hybridized carbons (Fsp3) is 0.588. The zero-order chi connectivity index (χ0) is 17.1. The third kappa shape index (κ3) is 3.44. The minimum absolute atomic E-state index is 0.0746. The molecule has 2 amide bonds. The number of amides is 2. The van der Waals surface area contributed by atoms with E-state index in [0.717, 1.165) is 6.42 Å². The van der Waals surface area contributed by atoms with Crippen molar-refractivity contribution in [2.45, 2.75) is 44.7 Å². The fourth-order valence-electron chi connectivity index (χ4n) is 3.67. The number of carboxylic acids is 1. The van der Waals surface area contributed by atoms with Crippen molar-refractivity contribution in [3.8, 4) is 0 Å². The van der Waals surface area contributed by atoms with Gasteiger partial charge in [0.2, 0.25) is 11.8 Å². The minimum atomic E-state index is -0.834. The van der Waals surface area contributed by atoms with Gasteiger partial charge in [-0.3, -0.25) is 14.4 Å². The highest BCUT2D eigenvalue weighted by molar-refractivity contribution is 5.89. The van der Waals surface area contributed by atoms with Crippen LogP contribution in [0.25, 0.3) is 0 Å². The molecular weight excluding hydrogens is 312 g/mol. The Kier molecular flexibility index (Phi) is 4.87. The van der Waals surface area contributed by atoms with Crippen molar-refractivity contribution in [3.63, 3.8) is 0 Å². The standard InChI is InChI=1S/C17H22N2O5/c20-15(18-10-13-3-2-8-24-13)14-4-1-7-19(14)16(21)11-5-6-12(9-11)17(22)23/h2-3,8,11-12,14H,1,4-7,9-10H2,(H,18,20)(H,22,23)/t11-,12+,14?/m0/s1. The summed E-state index contributed by atoms with van der Waals surface area (Å²) in [6, 6.07) is 3.07. The average molecular weight is 334 g/mol. The molecule has 1 aliphatic heterocycles. The van der Waals surface area contributed by atoms with E-state index in [1.54, 1.807) is 23.3 Å². The van der Waals surface area contributed by atoms with Crippen LogP contribution in [0.1, 0.15) is 37.9 Å². The Labute approximate surface area is 140 Å². The van der Waals surface area contributed by atoms with Crippen molar-refractivity contribution in [2.24, 2.45) is 11.8 Å². The Balaban J connectivity index is 1.57. The second-order valence-electron chi connectivity index (χ2n) is 6.53. The van der Waals surface area contributed by atoms with E-state index >= 15 is 0 Å². The van der Waals surface area contributed by atoms with Crippen LogP contribution < -0.4 is 5.32 Å². The predicted octanol–water partition coefficient (Wildman–Crippen LogP) is 1.39. The van der Waals surface area contributed by atoms with E-state index in [-0.39, 0.29) is 17.7 Å². The smallest absolute Gasteiger partial charge is 0.306 e. The molecule has 1 aromatic rings. The Hall–Kier alpha value is -2.31. The van der Waals surface area contributed by atoms with Gasteiger partial charge in [0.15, 0.2) is 0 Å². The van der Waals surface area contributed by atoms with Crippen LogP contribution in [-0.2, 0) is 20.9 Å². The lowest BCUT2D eigenvalue weighted by atomic mass is 10.0. The molecule has 1 saturated carbocycles. The third-order valence-electron chi connectivity index (χ3n) is 4.99. The highest BCUT2D eigenvalue weighted by Gasteiger charge is 2.41. The summed E-state index contributed by atoms with van der Waals surface area (Å²) >= 11 is 0. The van der Waals surface area contributed by atoms with Gasteiger partial charge in [0.1, 0.15) is 11.8 Å². The molecule has 2 aliphatic rings. The molecule has 0 radical (unpaired) electrons. The van der Waals surface area contributed by atoms with Crippen LogP contribution in [0.15, 0.2) is 22.8 Å². The zero-order valence-electron chi connectivity index (χ0n) is 13.4. The lowest BCUT2D eigenvalue weighted by molar-refractivity contribution is -0.143. The molecule has 7 heteroatoms. The van der Waals surface area contributed by atoms with Gasteiger partial charge in [0.05, 0.1) is 18.7 Å². The first-order chi connectivity index (χ1) is 11.6. The van der Waals surface area contributed by atoms with Crippen molar-refractivity contribution in [1.29, 1.82) is 0 Å². The molecule has 0 bridgehead atoms. The van der Waals surface area contributed by atoms with E-state index in [0.29, 0.717) is 44.5 Å². The molecule has 0 aromatic carbocycles. The van der Waals surface area contributed by atoms with Crippen molar-refractivity contribution >= 4 is 17.8 Å². The van der Waals surface area contributed by atoms with E-state index in [1.807, 2.05) is 0 Å². The number of nitrogens with zero attached hydrogens (tertiary/aromatic N) is 1. The first-order valence-corrected chi connectivity index (χ1v) is 8.39. The van der Waals surface area contributed by atoms with Crippen molar-refractivity contribution in [3.05, 3.63) is 24.2 Å². The van der Waals surface area contributed by atoms with E-state index in [2.05, 4.69) is 5.32 Å². The van der Waals surface area contributed by atoms with Gasteiger partial charge in [-0.05, 0) is 44.2 Å². The molecule has 1 unspecified atom stereocenters. The number of hydrogen-bond acceptors (Lipinski definition) is 4. The molecule has 1 saturated heterocycles. The number of likely N-dealkylation sites (tertiary alicyclic amines) is 1. The SMILES string of the molecule is O=C(NCc1ccco1)C1CCCN1C(=O)[C@H]1CC[C@@H](C(=O)O)C1. The summed E-state index contributed by atoms with van der Waals surface area (Å²) in [4.78, 5) is 37.8. The van der Waals surface area contributed by atoms with E-state index in [9.17, 15) is 14.4 Å². The number of aliphatic carboxylic acids is 1. The third-order valence-corrected chi connectivity index (χ3v) is 4.99. The molecule has 2 fully saturated rings. The minimum Gasteiger partial charge on any atom is -0.481 e. The van der Waals surface area contributed by atoms with E-state index < -0.39 is 17.9 Å². The second-order valence-corrected chi connectivity index (χ2v) is 6.53. The molecule has 1 aromatic heterocycles. The largest absolute Gasteiger partial charge is 0.481 e. The number of carbonyl (C=O) groups excluding carboxylic acids is 2. The average Bonchev–Trinajstić information content (AvgIpc) is 3.33. The number of rotatable bonds is 5. The van der Waals surface area contributed by atoms with Gasteiger partial charge in [-0.15, -0.1) is 0 Å². The summed E-state index contributed by atoms with van der Waals surface area (Å²) in [7, 11) is 0. The van der Waals surface area contributed by atoms with E-state index in [1.165, 1.54) is 0 Å². The first-order valence-electron chi connectivity index (χ1n) is 8.39. The molecule has 2 heterocycles.